The van der Waals surface area contributed by atoms with Gasteiger partial charge < -0.3 is 9.84 Å². The van der Waals surface area contributed by atoms with Crippen LogP contribution in [0.5, 0.6) is 11.5 Å². The number of nitrogens with zero attached hydrogens (tertiary/aromatic N) is 3. The molecule has 0 aliphatic heterocycles. The van der Waals surface area contributed by atoms with Crippen LogP contribution >= 0.6 is 12.2 Å². The molecular weight excluding hydrogens is 376 g/mol. The lowest BCUT2D eigenvalue weighted by molar-refractivity contribution is 0.341. The highest BCUT2D eigenvalue weighted by atomic mass is 32.1. The number of aromatic amines is 1. The van der Waals surface area contributed by atoms with Gasteiger partial charge >= 0.3 is 0 Å². The van der Waals surface area contributed by atoms with Crippen LogP contribution < -0.4 is 4.74 Å². The van der Waals surface area contributed by atoms with E-state index in [9.17, 15) is 10.0 Å². The van der Waals surface area contributed by atoms with Crippen LogP contribution in [0.15, 0.2) is 59.8 Å². The molecule has 0 unspecified atom stereocenters. The van der Waals surface area contributed by atoms with Gasteiger partial charge in [-0.3, -0.25) is 9.67 Å². The standard InChI is InChI=1S/C20H16N4O3S/c1-2-27-14-7-9-15-12(10-14)4-3-5-17(15)24-19(21-22-20(24)28)16-8-6-13(23-26)11-18(16)25/h3-11,25H,2H2,1H3,(H,22,28). The van der Waals surface area contributed by atoms with Crippen molar-refractivity contribution in [2.45, 2.75) is 6.92 Å². The minimum atomic E-state index is -0.105. The van der Waals surface area contributed by atoms with Gasteiger partial charge in [-0.05, 0) is 66.1 Å². The maximum Gasteiger partial charge on any atom is 0.200 e. The molecule has 0 fully saturated rings. The lowest BCUT2D eigenvalue weighted by atomic mass is 10.1. The predicted molar refractivity (Wildman–Crippen MR) is 110 cm³/mol. The van der Waals surface area contributed by atoms with Gasteiger partial charge in [-0.1, -0.05) is 12.1 Å². The molecule has 0 amide bonds. The van der Waals surface area contributed by atoms with E-state index in [-0.39, 0.29) is 11.4 Å². The molecule has 0 saturated carbocycles. The maximum atomic E-state index is 10.7. The Morgan fingerprint density at radius 2 is 2.07 bits per heavy atom. The van der Waals surface area contributed by atoms with Crippen LogP contribution in [0.4, 0.5) is 5.69 Å². The Balaban J connectivity index is 1.93. The zero-order valence-electron chi connectivity index (χ0n) is 14.9. The lowest BCUT2D eigenvalue weighted by Gasteiger charge is -2.12. The van der Waals surface area contributed by atoms with Crippen molar-refractivity contribution in [1.82, 2.24) is 14.8 Å². The molecule has 4 rings (SSSR count). The van der Waals surface area contributed by atoms with Crippen LogP contribution in [0.3, 0.4) is 0 Å². The molecule has 140 valence electrons. The summed E-state index contributed by atoms with van der Waals surface area (Å²) >= 11 is 5.45. The maximum absolute atomic E-state index is 10.7. The molecule has 0 atom stereocenters. The summed E-state index contributed by atoms with van der Waals surface area (Å²) in [6, 6.07) is 16.1. The second-order valence-electron chi connectivity index (χ2n) is 6.07. The third-order valence-corrected chi connectivity index (χ3v) is 4.65. The van der Waals surface area contributed by atoms with Crippen molar-refractivity contribution >= 4 is 28.7 Å². The fourth-order valence-corrected chi connectivity index (χ4v) is 3.39. The Morgan fingerprint density at radius 1 is 1.21 bits per heavy atom. The highest BCUT2D eigenvalue weighted by Gasteiger charge is 2.16. The van der Waals surface area contributed by atoms with Crippen molar-refractivity contribution in [1.29, 1.82) is 0 Å². The molecular formula is C20H16N4O3S. The summed E-state index contributed by atoms with van der Waals surface area (Å²) in [5, 5.41) is 22.2. The molecule has 1 aromatic heterocycles. The second-order valence-corrected chi connectivity index (χ2v) is 6.46. The van der Waals surface area contributed by atoms with Crippen molar-refractivity contribution in [3.8, 4) is 28.6 Å². The van der Waals surface area contributed by atoms with Crippen molar-refractivity contribution in [2.24, 2.45) is 5.18 Å². The number of rotatable bonds is 5. The van der Waals surface area contributed by atoms with Gasteiger partial charge in [-0.25, -0.2) is 0 Å². The number of H-pyrrole nitrogens is 1. The first-order chi connectivity index (χ1) is 13.6. The van der Waals surface area contributed by atoms with Crippen LogP contribution in [-0.4, -0.2) is 26.5 Å². The van der Waals surface area contributed by atoms with Crippen molar-refractivity contribution in [3.63, 3.8) is 0 Å². The number of benzene rings is 3. The zero-order chi connectivity index (χ0) is 19.7. The third-order valence-electron chi connectivity index (χ3n) is 4.38. The van der Waals surface area contributed by atoms with E-state index in [0.717, 1.165) is 22.2 Å². The van der Waals surface area contributed by atoms with Gasteiger partial charge in [-0.2, -0.15) is 5.10 Å². The summed E-state index contributed by atoms with van der Waals surface area (Å²) in [6.07, 6.45) is 0. The summed E-state index contributed by atoms with van der Waals surface area (Å²) in [4.78, 5) is 10.7. The van der Waals surface area contributed by atoms with Gasteiger partial charge in [0.1, 0.15) is 17.2 Å². The van der Waals surface area contributed by atoms with Crippen LogP contribution in [0.1, 0.15) is 6.92 Å². The summed E-state index contributed by atoms with van der Waals surface area (Å²) in [5.41, 5.74) is 1.38. The Kier molecular flexibility index (Phi) is 4.62. The molecule has 8 heteroatoms. The molecule has 0 spiro atoms. The van der Waals surface area contributed by atoms with E-state index >= 15 is 0 Å². The zero-order valence-corrected chi connectivity index (χ0v) is 15.7. The number of hydrogen-bond donors (Lipinski definition) is 2. The summed E-state index contributed by atoms with van der Waals surface area (Å²) < 4.78 is 7.72. The molecule has 0 aliphatic carbocycles. The molecule has 3 aromatic carbocycles. The van der Waals surface area contributed by atoms with Crippen LogP contribution in [-0.2, 0) is 0 Å². The van der Waals surface area contributed by atoms with Gasteiger partial charge in [0.15, 0.2) is 10.6 Å². The van der Waals surface area contributed by atoms with E-state index in [1.165, 1.54) is 12.1 Å². The molecule has 0 saturated heterocycles. The van der Waals surface area contributed by atoms with Crippen LogP contribution in [0, 0.1) is 9.68 Å². The van der Waals surface area contributed by atoms with E-state index in [1.54, 1.807) is 10.6 Å². The number of fused-ring (bicyclic) bond motifs is 1. The number of aromatic nitrogens is 3. The number of phenols is 1. The van der Waals surface area contributed by atoms with E-state index in [4.69, 9.17) is 17.0 Å². The third kappa shape index (κ3) is 3.03. The molecule has 2 N–H and O–H groups in total. The molecule has 0 aliphatic rings. The number of nitrogens with one attached hydrogen (secondary N) is 1. The largest absolute Gasteiger partial charge is 0.507 e. The average molecular weight is 392 g/mol. The van der Waals surface area contributed by atoms with E-state index < -0.39 is 0 Å². The van der Waals surface area contributed by atoms with Gasteiger partial charge in [0.2, 0.25) is 0 Å². The summed E-state index contributed by atoms with van der Waals surface area (Å²) in [6.45, 7) is 2.53. The van der Waals surface area contributed by atoms with Crippen molar-refractivity contribution in [2.75, 3.05) is 6.61 Å². The van der Waals surface area contributed by atoms with Crippen LogP contribution in [0.25, 0.3) is 27.8 Å². The number of nitroso groups, excluding NO2 is 1. The number of aromatic hydroxyl groups is 1. The molecule has 7 nitrogen and oxygen atoms in total. The quantitative estimate of drug-likeness (QED) is 0.357. The van der Waals surface area contributed by atoms with Gasteiger partial charge in [-0.15, -0.1) is 4.91 Å². The van der Waals surface area contributed by atoms with Crippen molar-refractivity contribution in [3.05, 3.63) is 64.3 Å². The molecule has 1 heterocycles. The minimum Gasteiger partial charge on any atom is -0.507 e. The van der Waals surface area contributed by atoms with Gasteiger partial charge in [0.05, 0.1) is 17.9 Å². The highest BCUT2D eigenvalue weighted by Crippen LogP contribution is 2.34. The molecule has 0 radical (unpaired) electrons. The predicted octanol–water partition coefficient (Wildman–Crippen LogP) is 5.25. The lowest BCUT2D eigenvalue weighted by Crippen LogP contribution is -1.99. The number of ether oxygens (including phenoxy) is 1. The monoisotopic (exact) mass is 392 g/mol. The molecule has 4 aromatic rings. The minimum absolute atomic E-state index is 0.105. The van der Waals surface area contributed by atoms with Gasteiger partial charge in [0, 0.05) is 11.5 Å². The van der Waals surface area contributed by atoms with Gasteiger partial charge in [0.25, 0.3) is 0 Å². The second kappa shape index (κ2) is 7.24. The first-order valence-electron chi connectivity index (χ1n) is 8.62. The van der Waals surface area contributed by atoms with E-state index in [2.05, 4.69) is 15.4 Å². The normalized spacial score (nSPS) is 10.9. The fourth-order valence-electron chi connectivity index (χ4n) is 3.16. The summed E-state index contributed by atoms with van der Waals surface area (Å²) in [7, 11) is 0. The Labute approximate surface area is 165 Å². The Morgan fingerprint density at radius 3 is 2.82 bits per heavy atom. The van der Waals surface area contributed by atoms with E-state index in [1.807, 2.05) is 43.3 Å². The molecule has 28 heavy (non-hydrogen) atoms. The van der Waals surface area contributed by atoms with Crippen molar-refractivity contribution < 1.29 is 9.84 Å². The number of hydrogen-bond acceptors (Lipinski definition) is 6. The number of phenolic OH excluding ortho intramolecular Hbond substituents is 1. The highest BCUT2D eigenvalue weighted by molar-refractivity contribution is 7.71. The Hall–Kier alpha value is -3.52. The summed E-state index contributed by atoms with van der Waals surface area (Å²) in [5.74, 6) is 1.12. The topological polar surface area (TPSA) is 92.5 Å². The molecule has 0 bridgehead atoms. The average Bonchev–Trinajstić information content (AvgIpc) is 3.08. The first kappa shape index (κ1) is 17.9. The SMILES string of the molecule is CCOc1ccc2c(-n3c(-c4ccc(N=O)cc4O)n[nH]c3=S)cccc2c1. The van der Waals surface area contributed by atoms with E-state index in [0.29, 0.717) is 22.8 Å². The smallest absolute Gasteiger partial charge is 0.200 e. The fraction of sp³-hybridized carbons (Fsp3) is 0.100. The Bertz CT molecular complexity index is 1250. The van der Waals surface area contributed by atoms with Crippen LogP contribution in [0.2, 0.25) is 0 Å². The first-order valence-corrected chi connectivity index (χ1v) is 9.03.